The van der Waals surface area contributed by atoms with Crippen molar-refractivity contribution in [3.05, 3.63) is 59.7 Å². The monoisotopic (exact) mass is 331 g/mol. The summed E-state index contributed by atoms with van der Waals surface area (Å²) in [5, 5.41) is 2.17. The second-order valence-electron chi connectivity index (χ2n) is 5.35. The lowest BCUT2D eigenvalue weighted by molar-refractivity contribution is -0.115. The summed E-state index contributed by atoms with van der Waals surface area (Å²) in [5.41, 5.74) is 2.67. The lowest BCUT2D eigenvalue weighted by Crippen LogP contribution is -2.29. The van der Waals surface area contributed by atoms with Crippen LogP contribution in [-0.4, -0.2) is 22.5 Å². The average molecular weight is 331 g/mol. The fraction of sp³-hybridized carbons (Fsp3) is 0.278. The number of hydrogen-bond acceptors (Lipinski definition) is 3. The highest BCUT2D eigenvalue weighted by atomic mass is 32.2. The van der Waals surface area contributed by atoms with E-state index >= 15 is 0 Å². The summed E-state index contributed by atoms with van der Waals surface area (Å²) in [6.45, 7) is 3.67. The molecule has 0 fully saturated rings. The first-order valence-electron chi connectivity index (χ1n) is 7.38. The van der Waals surface area contributed by atoms with E-state index in [4.69, 9.17) is 4.74 Å². The standard InChI is InChI=1S/C18H21NO3S/c1-13-7-6-8-15(11-13)12-23(21)14(2)18(20)19-16-9-4-5-10-17(16)22-3/h4-11,14H,12H2,1-3H3,(H,19,20). The van der Waals surface area contributed by atoms with Gasteiger partial charge < -0.3 is 10.1 Å². The van der Waals surface area contributed by atoms with Crippen molar-refractivity contribution in [3.63, 3.8) is 0 Å². The molecule has 0 heterocycles. The van der Waals surface area contributed by atoms with Gasteiger partial charge >= 0.3 is 0 Å². The third-order valence-electron chi connectivity index (χ3n) is 3.52. The second kappa shape index (κ2) is 7.92. The van der Waals surface area contributed by atoms with Crippen LogP contribution >= 0.6 is 0 Å². The summed E-state index contributed by atoms with van der Waals surface area (Å²) in [5.74, 6) is 0.667. The van der Waals surface area contributed by atoms with Crippen LogP contribution in [0.4, 0.5) is 5.69 Å². The summed E-state index contributed by atoms with van der Waals surface area (Å²) in [6, 6.07) is 15.0. The lowest BCUT2D eigenvalue weighted by atomic mass is 10.2. The SMILES string of the molecule is COc1ccccc1NC(=O)C(C)S(=O)Cc1cccc(C)c1. The third-order valence-corrected chi connectivity index (χ3v) is 5.14. The molecule has 0 bridgehead atoms. The number of ether oxygens (including phenoxy) is 1. The summed E-state index contributed by atoms with van der Waals surface area (Å²) >= 11 is 0. The molecule has 5 heteroatoms. The number of aryl methyl sites for hydroxylation is 1. The molecule has 1 amide bonds. The molecule has 2 rings (SSSR count). The quantitative estimate of drug-likeness (QED) is 0.884. The number of nitrogens with one attached hydrogen (secondary N) is 1. The number of carbonyl (C=O) groups is 1. The maximum Gasteiger partial charge on any atom is 0.239 e. The summed E-state index contributed by atoms with van der Waals surface area (Å²) in [4.78, 5) is 12.3. The molecule has 4 nitrogen and oxygen atoms in total. The fourth-order valence-corrected chi connectivity index (χ4v) is 3.25. The van der Waals surface area contributed by atoms with Crippen molar-refractivity contribution >= 4 is 22.4 Å². The molecule has 0 aliphatic heterocycles. The maximum absolute atomic E-state index is 12.4. The van der Waals surface area contributed by atoms with E-state index in [0.717, 1.165) is 11.1 Å². The minimum absolute atomic E-state index is 0.277. The molecular weight excluding hydrogens is 310 g/mol. The van der Waals surface area contributed by atoms with Crippen molar-refractivity contribution in [2.24, 2.45) is 0 Å². The highest BCUT2D eigenvalue weighted by molar-refractivity contribution is 7.85. The largest absolute Gasteiger partial charge is 0.495 e. The number of para-hydroxylation sites is 2. The minimum atomic E-state index is -1.29. The number of carbonyl (C=O) groups excluding carboxylic acids is 1. The normalized spacial score (nSPS) is 13.2. The molecule has 0 saturated heterocycles. The predicted molar refractivity (Wildman–Crippen MR) is 94.1 cm³/mol. The van der Waals surface area contributed by atoms with Crippen LogP contribution < -0.4 is 10.1 Å². The summed E-state index contributed by atoms with van der Waals surface area (Å²) < 4.78 is 17.6. The van der Waals surface area contributed by atoms with E-state index in [2.05, 4.69) is 5.32 Å². The first-order valence-corrected chi connectivity index (χ1v) is 8.76. The first-order chi connectivity index (χ1) is 11.0. The van der Waals surface area contributed by atoms with Crippen molar-refractivity contribution in [2.45, 2.75) is 24.9 Å². The van der Waals surface area contributed by atoms with Gasteiger partial charge in [0.1, 0.15) is 11.0 Å². The third kappa shape index (κ3) is 4.66. The van der Waals surface area contributed by atoms with E-state index in [9.17, 15) is 9.00 Å². The molecule has 2 aromatic carbocycles. The Morgan fingerprint density at radius 1 is 1.22 bits per heavy atom. The van der Waals surface area contributed by atoms with Crippen LogP contribution in [0.1, 0.15) is 18.1 Å². The molecule has 0 aliphatic rings. The van der Waals surface area contributed by atoms with Gasteiger partial charge in [0.2, 0.25) is 5.91 Å². The van der Waals surface area contributed by atoms with Gasteiger partial charge in [-0.1, -0.05) is 42.0 Å². The first kappa shape index (κ1) is 17.2. The van der Waals surface area contributed by atoms with E-state index in [1.165, 1.54) is 0 Å². The van der Waals surface area contributed by atoms with Crippen LogP contribution in [0.2, 0.25) is 0 Å². The molecule has 2 unspecified atom stereocenters. The zero-order valence-electron chi connectivity index (χ0n) is 13.5. The number of anilines is 1. The molecule has 0 aromatic heterocycles. The van der Waals surface area contributed by atoms with Gasteiger partial charge in [-0.25, -0.2) is 0 Å². The fourth-order valence-electron chi connectivity index (χ4n) is 2.19. The highest BCUT2D eigenvalue weighted by Crippen LogP contribution is 2.23. The van der Waals surface area contributed by atoms with Crippen LogP contribution in [0.25, 0.3) is 0 Å². The van der Waals surface area contributed by atoms with Gasteiger partial charge in [0, 0.05) is 16.6 Å². The number of hydrogen-bond donors (Lipinski definition) is 1. The Morgan fingerprint density at radius 3 is 2.65 bits per heavy atom. The smallest absolute Gasteiger partial charge is 0.239 e. The van der Waals surface area contributed by atoms with E-state index in [0.29, 0.717) is 17.2 Å². The molecule has 0 aliphatic carbocycles. The van der Waals surface area contributed by atoms with Crippen molar-refractivity contribution < 1.29 is 13.7 Å². The van der Waals surface area contributed by atoms with E-state index < -0.39 is 16.0 Å². The Bertz CT molecular complexity index is 715. The lowest BCUT2D eigenvalue weighted by Gasteiger charge is -2.14. The zero-order valence-corrected chi connectivity index (χ0v) is 14.4. The van der Waals surface area contributed by atoms with Crippen molar-refractivity contribution in [1.29, 1.82) is 0 Å². The topological polar surface area (TPSA) is 55.4 Å². The molecule has 122 valence electrons. The van der Waals surface area contributed by atoms with E-state index in [-0.39, 0.29) is 5.91 Å². The molecule has 23 heavy (non-hydrogen) atoms. The molecule has 0 spiro atoms. The van der Waals surface area contributed by atoms with Crippen LogP contribution in [-0.2, 0) is 21.3 Å². The molecule has 0 radical (unpaired) electrons. The summed E-state index contributed by atoms with van der Waals surface area (Å²) in [6.07, 6.45) is 0. The van der Waals surface area contributed by atoms with Gasteiger partial charge in [-0.15, -0.1) is 0 Å². The number of amides is 1. The van der Waals surface area contributed by atoms with Crippen molar-refractivity contribution in [2.75, 3.05) is 12.4 Å². The maximum atomic E-state index is 12.4. The van der Waals surface area contributed by atoms with Gasteiger partial charge in [0.25, 0.3) is 0 Å². The van der Waals surface area contributed by atoms with E-state index in [1.807, 2.05) is 43.3 Å². The van der Waals surface area contributed by atoms with Crippen molar-refractivity contribution in [1.82, 2.24) is 0 Å². The second-order valence-corrected chi connectivity index (χ2v) is 7.10. The Hall–Kier alpha value is -2.14. The predicted octanol–water partition coefficient (Wildman–Crippen LogP) is 3.28. The average Bonchev–Trinajstić information content (AvgIpc) is 2.54. The van der Waals surface area contributed by atoms with Crippen LogP contribution in [0.5, 0.6) is 5.75 Å². The molecule has 2 aromatic rings. The highest BCUT2D eigenvalue weighted by Gasteiger charge is 2.21. The summed E-state index contributed by atoms with van der Waals surface area (Å²) in [7, 11) is 0.257. The van der Waals surface area contributed by atoms with Gasteiger partial charge in [-0.05, 0) is 31.5 Å². The van der Waals surface area contributed by atoms with Gasteiger partial charge in [-0.2, -0.15) is 0 Å². The molecule has 0 saturated carbocycles. The van der Waals surface area contributed by atoms with Crippen LogP contribution in [0, 0.1) is 6.92 Å². The van der Waals surface area contributed by atoms with Crippen LogP contribution in [0.3, 0.4) is 0 Å². The van der Waals surface area contributed by atoms with Gasteiger partial charge in [-0.3, -0.25) is 9.00 Å². The Balaban J connectivity index is 2.02. The van der Waals surface area contributed by atoms with Gasteiger partial charge in [0.15, 0.2) is 0 Å². The van der Waals surface area contributed by atoms with Gasteiger partial charge in [0.05, 0.1) is 12.8 Å². The number of methoxy groups -OCH3 is 1. The Kier molecular flexibility index (Phi) is 5.93. The number of rotatable bonds is 6. The Labute approximate surface area is 139 Å². The molecule has 1 N–H and O–H groups in total. The molecule has 2 atom stereocenters. The number of benzene rings is 2. The van der Waals surface area contributed by atoms with E-state index in [1.54, 1.807) is 26.2 Å². The molecular formula is C18H21NO3S. The minimum Gasteiger partial charge on any atom is -0.495 e. The zero-order chi connectivity index (χ0) is 16.8. The van der Waals surface area contributed by atoms with Crippen molar-refractivity contribution in [3.8, 4) is 5.75 Å². The Morgan fingerprint density at radius 2 is 1.96 bits per heavy atom. The van der Waals surface area contributed by atoms with Crippen LogP contribution in [0.15, 0.2) is 48.5 Å².